The minimum atomic E-state index is -2.15. The monoisotopic (exact) mass is 279 g/mol. The molecular formula is C16H26NOP. The van der Waals surface area contributed by atoms with Gasteiger partial charge in [-0.3, -0.25) is 0 Å². The van der Waals surface area contributed by atoms with Crippen LogP contribution in [0.3, 0.4) is 0 Å². The first-order chi connectivity index (χ1) is 9.05. The minimum Gasteiger partial charge on any atom is -0.385 e. The molecule has 1 saturated carbocycles. The van der Waals surface area contributed by atoms with Crippen molar-refractivity contribution in [1.82, 2.24) is 0 Å². The molecule has 1 N–H and O–H groups in total. The summed E-state index contributed by atoms with van der Waals surface area (Å²) < 4.78 is 12.1. The molecule has 0 aromatic heterocycles. The lowest BCUT2D eigenvalue weighted by Crippen LogP contribution is -2.14. The second-order valence-electron chi connectivity index (χ2n) is 6.14. The third-order valence-corrected chi connectivity index (χ3v) is 5.56. The summed E-state index contributed by atoms with van der Waals surface area (Å²) in [6.45, 7) is 4.72. The molecule has 1 aliphatic rings. The molecule has 0 saturated heterocycles. The van der Waals surface area contributed by atoms with Gasteiger partial charge >= 0.3 is 0 Å². The van der Waals surface area contributed by atoms with Crippen molar-refractivity contribution < 1.29 is 4.57 Å². The van der Waals surface area contributed by atoms with E-state index in [1.807, 2.05) is 25.5 Å². The fourth-order valence-electron chi connectivity index (χ4n) is 2.78. The van der Waals surface area contributed by atoms with Gasteiger partial charge in [-0.05, 0) is 44.2 Å². The van der Waals surface area contributed by atoms with Gasteiger partial charge in [0.05, 0.1) is 0 Å². The SMILES string of the molecule is CP(C)(=O)c1cccc(NCC2CCCCCC2)c1. The summed E-state index contributed by atoms with van der Waals surface area (Å²) >= 11 is 0. The van der Waals surface area contributed by atoms with E-state index in [0.29, 0.717) is 0 Å². The Morgan fingerprint density at radius 2 is 1.84 bits per heavy atom. The Balaban J connectivity index is 1.93. The van der Waals surface area contributed by atoms with Crippen molar-refractivity contribution in [2.24, 2.45) is 5.92 Å². The summed E-state index contributed by atoms with van der Waals surface area (Å²) in [5, 5.41) is 4.50. The van der Waals surface area contributed by atoms with E-state index in [2.05, 4.69) is 17.4 Å². The molecule has 0 radical (unpaired) electrons. The molecule has 0 heterocycles. The molecule has 1 fully saturated rings. The highest BCUT2D eigenvalue weighted by molar-refractivity contribution is 7.70. The van der Waals surface area contributed by atoms with Crippen LogP contribution >= 0.6 is 7.14 Å². The molecule has 0 atom stereocenters. The zero-order valence-electron chi connectivity index (χ0n) is 12.2. The van der Waals surface area contributed by atoms with Gasteiger partial charge in [0, 0.05) is 17.5 Å². The van der Waals surface area contributed by atoms with E-state index in [1.165, 1.54) is 38.5 Å². The van der Waals surface area contributed by atoms with Gasteiger partial charge in [0.2, 0.25) is 0 Å². The Morgan fingerprint density at radius 1 is 1.16 bits per heavy atom. The van der Waals surface area contributed by atoms with E-state index < -0.39 is 7.14 Å². The molecule has 0 unspecified atom stereocenters. The van der Waals surface area contributed by atoms with Crippen LogP contribution in [0.4, 0.5) is 5.69 Å². The Labute approximate surface area is 117 Å². The van der Waals surface area contributed by atoms with E-state index in [9.17, 15) is 4.57 Å². The molecule has 0 bridgehead atoms. The van der Waals surface area contributed by atoms with Gasteiger partial charge in [-0.1, -0.05) is 37.8 Å². The van der Waals surface area contributed by atoms with Crippen LogP contribution in [-0.2, 0) is 4.57 Å². The van der Waals surface area contributed by atoms with Crippen LogP contribution in [0.25, 0.3) is 0 Å². The van der Waals surface area contributed by atoms with E-state index in [0.717, 1.165) is 23.5 Å². The number of anilines is 1. The van der Waals surface area contributed by atoms with E-state index in [1.54, 1.807) is 0 Å². The van der Waals surface area contributed by atoms with Gasteiger partial charge < -0.3 is 9.88 Å². The first kappa shape index (κ1) is 14.7. The van der Waals surface area contributed by atoms with Gasteiger partial charge in [0.15, 0.2) is 0 Å². The highest BCUT2D eigenvalue weighted by atomic mass is 31.2. The molecule has 0 spiro atoms. The van der Waals surface area contributed by atoms with Crippen LogP contribution < -0.4 is 10.6 Å². The second-order valence-corrected chi connectivity index (χ2v) is 9.36. The van der Waals surface area contributed by atoms with Crippen LogP contribution in [-0.4, -0.2) is 19.9 Å². The summed E-state index contributed by atoms with van der Waals surface area (Å²) in [7, 11) is -2.15. The maximum atomic E-state index is 12.1. The van der Waals surface area contributed by atoms with E-state index in [4.69, 9.17) is 0 Å². The molecule has 106 valence electrons. The van der Waals surface area contributed by atoms with Gasteiger partial charge in [0.1, 0.15) is 7.14 Å². The standard InChI is InChI=1S/C16H26NOP/c1-19(2,18)16-11-7-10-15(12-16)17-13-14-8-5-3-4-6-9-14/h7,10-12,14,17H,3-6,8-9,13H2,1-2H3. The number of hydrogen-bond donors (Lipinski definition) is 1. The van der Waals surface area contributed by atoms with Gasteiger partial charge in [-0.25, -0.2) is 0 Å². The molecule has 0 amide bonds. The van der Waals surface area contributed by atoms with Crippen LogP contribution in [0.2, 0.25) is 0 Å². The fourth-order valence-corrected chi connectivity index (χ4v) is 3.68. The maximum Gasteiger partial charge on any atom is 0.109 e. The lowest BCUT2D eigenvalue weighted by molar-refractivity contribution is 0.483. The van der Waals surface area contributed by atoms with Crippen molar-refractivity contribution in [3.63, 3.8) is 0 Å². The lowest BCUT2D eigenvalue weighted by Gasteiger charge is -2.16. The van der Waals surface area contributed by atoms with Crippen molar-refractivity contribution in [3.05, 3.63) is 24.3 Å². The predicted octanol–water partition coefficient (Wildman–Crippen LogP) is 4.32. The topological polar surface area (TPSA) is 29.1 Å². The van der Waals surface area contributed by atoms with Gasteiger partial charge in [-0.2, -0.15) is 0 Å². The van der Waals surface area contributed by atoms with E-state index in [-0.39, 0.29) is 0 Å². The molecule has 1 aromatic carbocycles. The summed E-state index contributed by atoms with van der Waals surface area (Å²) in [5.74, 6) is 0.807. The molecule has 2 rings (SSSR count). The second kappa shape index (κ2) is 6.61. The number of rotatable bonds is 4. The number of benzene rings is 1. The molecule has 1 aromatic rings. The van der Waals surface area contributed by atoms with Gasteiger partial charge in [-0.15, -0.1) is 0 Å². The van der Waals surface area contributed by atoms with Crippen LogP contribution in [0, 0.1) is 5.92 Å². The van der Waals surface area contributed by atoms with Crippen molar-refractivity contribution in [2.75, 3.05) is 25.2 Å². The van der Waals surface area contributed by atoms with Crippen molar-refractivity contribution >= 4 is 18.1 Å². The predicted molar refractivity (Wildman–Crippen MR) is 85.2 cm³/mol. The molecule has 3 heteroatoms. The normalized spacial score (nSPS) is 18.0. The average Bonchev–Trinajstić information content (AvgIpc) is 2.64. The molecule has 2 nitrogen and oxygen atoms in total. The smallest absolute Gasteiger partial charge is 0.109 e. The molecular weight excluding hydrogens is 253 g/mol. The Kier molecular flexibility index (Phi) is 5.10. The molecule has 19 heavy (non-hydrogen) atoms. The summed E-state index contributed by atoms with van der Waals surface area (Å²) in [6, 6.07) is 8.11. The third-order valence-electron chi connectivity index (χ3n) is 4.04. The number of nitrogens with one attached hydrogen (secondary N) is 1. The van der Waals surface area contributed by atoms with Crippen LogP contribution in [0.1, 0.15) is 38.5 Å². The summed E-state index contributed by atoms with van der Waals surface area (Å²) in [5.41, 5.74) is 1.12. The third kappa shape index (κ3) is 4.69. The quantitative estimate of drug-likeness (QED) is 0.657. The maximum absolute atomic E-state index is 12.1. The highest BCUT2D eigenvalue weighted by Crippen LogP contribution is 2.35. The van der Waals surface area contributed by atoms with Crippen molar-refractivity contribution in [1.29, 1.82) is 0 Å². The Bertz CT molecular complexity index is 444. The molecule has 1 aliphatic carbocycles. The Morgan fingerprint density at radius 3 is 2.47 bits per heavy atom. The zero-order valence-corrected chi connectivity index (χ0v) is 13.1. The Hall–Kier alpha value is -0.750. The van der Waals surface area contributed by atoms with Crippen LogP contribution in [0.15, 0.2) is 24.3 Å². The number of hydrogen-bond acceptors (Lipinski definition) is 2. The summed E-state index contributed by atoms with van der Waals surface area (Å²) in [6.07, 6.45) is 8.28. The summed E-state index contributed by atoms with van der Waals surface area (Å²) in [4.78, 5) is 0. The van der Waals surface area contributed by atoms with Gasteiger partial charge in [0.25, 0.3) is 0 Å². The van der Waals surface area contributed by atoms with Crippen molar-refractivity contribution in [2.45, 2.75) is 38.5 Å². The fraction of sp³-hybridized carbons (Fsp3) is 0.625. The van der Waals surface area contributed by atoms with E-state index >= 15 is 0 Å². The largest absolute Gasteiger partial charge is 0.385 e. The average molecular weight is 279 g/mol. The van der Waals surface area contributed by atoms with Crippen LogP contribution in [0.5, 0.6) is 0 Å². The first-order valence-electron chi connectivity index (χ1n) is 7.45. The lowest BCUT2D eigenvalue weighted by atomic mass is 10.0. The highest BCUT2D eigenvalue weighted by Gasteiger charge is 2.13. The first-order valence-corrected chi connectivity index (χ1v) is 10.1. The minimum absolute atomic E-state index is 0.807. The zero-order chi connectivity index (χ0) is 13.7. The molecule has 0 aliphatic heterocycles. The van der Waals surface area contributed by atoms with Crippen molar-refractivity contribution in [3.8, 4) is 0 Å².